The summed E-state index contributed by atoms with van der Waals surface area (Å²) in [6.07, 6.45) is 0. The number of benzene rings is 1. The van der Waals surface area contributed by atoms with E-state index in [9.17, 15) is 0 Å². The SMILES string of the molecule is Cc1ccc(C(C)(C)CNc2c(C)cccc2N)o1. The zero-order valence-electron chi connectivity index (χ0n) is 12.1. The van der Waals surface area contributed by atoms with Crippen molar-refractivity contribution in [2.24, 2.45) is 0 Å². The lowest BCUT2D eigenvalue weighted by molar-refractivity contribution is 0.386. The summed E-state index contributed by atoms with van der Waals surface area (Å²) in [6.45, 7) is 9.11. The molecule has 3 N–H and O–H groups in total. The minimum absolute atomic E-state index is 0.0804. The van der Waals surface area contributed by atoms with Crippen molar-refractivity contribution < 1.29 is 4.42 Å². The zero-order valence-corrected chi connectivity index (χ0v) is 12.1. The van der Waals surface area contributed by atoms with Crippen molar-refractivity contribution in [1.29, 1.82) is 0 Å². The number of hydrogen-bond donors (Lipinski definition) is 2. The molecule has 1 heterocycles. The summed E-state index contributed by atoms with van der Waals surface area (Å²) >= 11 is 0. The fourth-order valence-electron chi connectivity index (χ4n) is 2.13. The van der Waals surface area contributed by atoms with Crippen LogP contribution in [0, 0.1) is 13.8 Å². The van der Waals surface area contributed by atoms with Gasteiger partial charge in [0, 0.05) is 12.0 Å². The van der Waals surface area contributed by atoms with Crippen LogP contribution in [0.2, 0.25) is 0 Å². The number of nitrogen functional groups attached to an aromatic ring is 1. The van der Waals surface area contributed by atoms with Crippen LogP contribution in [-0.4, -0.2) is 6.54 Å². The van der Waals surface area contributed by atoms with Gasteiger partial charge in [0.15, 0.2) is 0 Å². The Hall–Kier alpha value is -1.90. The topological polar surface area (TPSA) is 51.2 Å². The monoisotopic (exact) mass is 258 g/mol. The largest absolute Gasteiger partial charge is 0.466 e. The summed E-state index contributed by atoms with van der Waals surface area (Å²) in [7, 11) is 0. The molecule has 2 aromatic rings. The van der Waals surface area contributed by atoms with Crippen molar-refractivity contribution in [2.45, 2.75) is 33.1 Å². The molecule has 0 saturated carbocycles. The molecule has 2 rings (SSSR count). The van der Waals surface area contributed by atoms with E-state index in [2.05, 4.69) is 32.2 Å². The highest BCUT2D eigenvalue weighted by atomic mass is 16.3. The predicted octanol–water partition coefficient (Wildman–Crippen LogP) is 3.87. The summed E-state index contributed by atoms with van der Waals surface area (Å²) in [4.78, 5) is 0. The normalized spacial score (nSPS) is 11.6. The van der Waals surface area contributed by atoms with Crippen LogP contribution in [-0.2, 0) is 5.41 Å². The van der Waals surface area contributed by atoms with E-state index in [4.69, 9.17) is 10.2 Å². The van der Waals surface area contributed by atoms with Crippen LogP contribution in [0.5, 0.6) is 0 Å². The summed E-state index contributed by atoms with van der Waals surface area (Å²) in [5.74, 6) is 1.93. The van der Waals surface area contributed by atoms with Gasteiger partial charge in [0.25, 0.3) is 0 Å². The van der Waals surface area contributed by atoms with Crippen molar-refractivity contribution >= 4 is 11.4 Å². The van der Waals surface area contributed by atoms with Gasteiger partial charge in [-0.2, -0.15) is 0 Å². The fourth-order valence-corrected chi connectivity index (χ4v) is 2.13. The molecule has 0 radical (unpaired) electrons. The van der Waals surface area contributed by atoms with Crippen LogP contribution in [0.1, 0.15) is 30.9 Å². The quantitative estimate of drug-likeness (QED) is 0.818. The van der Waals surface area contributed by atoms with E-state index in [0.29, 0.717) is 0 Å². The molecular formula is C16H22N2O. The lowest BCUT2D eigenvalue weighted by atomic mass is 9.90. The van der Waals surface area contributed by atoms with E-state index in [1.807, 2.05) is 31.2 Å². The van der Waals surface area contributed by atoms with Gasteiger partial charge in [-0.3, -0.25) is 0 Å². The van der Waals surface area contributed by atoms with Crippen molar-refractivity contribution in [3.05, 3.63) is 47.4 Å². The molecule has 1 aromatic heterocycles. The maximum Gasteiger partial charge on any atom is 0.111 e. The molecule has 0 aliphatic rings. The van der Waals surface area contributed by atoms with Gasteiger partial charge in [0.1, 0.15) is 11.5 Å². The van der Waals surface area contributed by atoms with Crippen molar-refractivity contribution in [3.8, 4) is 0 Å². The average molecular weight is 258 g/mol. The summed E-state index contributed by atoms with van der Waals surface area (Å²) < 4.78 is 5.73. The number of aryl methyl sites for hydroxylation is 2. The second-order valence-electron chi connectivity index (χ2n) is 5.69. The Labute approximate surface area is 114 Å². The maximum absolute atomic E-state index is 6.01. The van der Waals surface area contributed by atoms with Gasteiger partial charge in [-0.15, -0.1) is 0 Å². The third-order valence-corrected chi connectivity index (χ3v) is 3.42. The standard InChI is InChI=1S/C16H22N2O/c1-11-6-5-7-13(17)15(11)18-10-16(3,4)14-9-8-12(2)19-14/h5-9,18H,10,17H2,1-4H3. The second-order valence-corrected chi connectivity index (χ2v) is 5.69. The molecule has 0 atom stereocenters. The minimum atomic E-state index is -0.0804. The molecule has 0 unspecified atom stereocenters. The van der Waals surface area contributed by atoms with Crippen LogP contribution in [0.4, 0.5) is 11.4 Å². The van der Waals surface area contributed by atoms with Crippen molar-refractivity contribution in [2.75, 3.05) is 17.6 Å². The Morgan fingerprint density at radius 1 is 1.16 bits per heavy atom. The Morgan fingerprint density at radius 3 is 2.47 bits per heavy atom. The first-order chi connectivity index (χ1) is 8.90. The highest BCUT2D eigenvalue weighted by Gasteiger charge is 2.24. The number of rotatable bonds is 4. The van der Waals surface area contributed by atoms with Gasteiger partial charge in [-0.25, -0.2) is 0 Å². The molecule has 0 aliphatic heterocycles. The predicted molar refractivity (Wildman–Crippen MR) is 80.6 cm³/mol. The van der Waals surface area contributed by atoms with Gasteiger partial charge >= 0.3 is 0 Å². The average Bonchev–Trinajstić information content (AvgIpc) is 2.76. The van der Waals surface area contributed by atoms with E-state index < -0.39 is 0 Å². The number of para-hydroxylation sites is 1. The molecule has 0 fully saturated rings. The smallest absolute Gasteiger partial charge is 0.111 e. The van der Waals surface area contributed by atoms with E-state index >= 15 is 0 Å². The van der Waals surface area contributed by atoms with E-state index in [1.165, 1.54) is 0 Å². The van der Waals surface area contributed by atoms with E-state index in [0.717, 1.165) is 35.0 Å². The molecule has 102 valence electrons. The highest BCUT2D eigenvalue weighted by molar-refractivity contribution is 5.70. The molecule has 0 amide bonds. The summed E-state index contributed by atoms with van der Waals surface area (Å²) in [5, 5.41) is 3.44. The van der Waals surface area contributed by atoms with Crippen LogP contribution in [0.15, 0.2) is 34.7 Å². The number of nitrogens with two attached hydrogens (primary N) is 1. The molecule has 3 nitrogen and oxygen atoms in total. The first-order valence-electron chi connectivity index (χ1n) is 6.56. The highest BCUT2D eigenvalue weighted by Crippen LogP contribution is 2.28. The number of furan rings is 1. The van der Waals surface area contributed by atoms with Crippen LogP contribution in [0.25, 0.3) is 0 Å². The first-order valence-corrected chi connectivity index (χ1v) is 6.56. The second kappa shape index (κ2) is 5.00. The van der Waals surface area contributed by atoms with Gasteiger partial charge in [-0.05, 0) is 37.6 Å². The third kappa shape index (κ3) is 2.92. The van der Waals surface area contributed by atoms with Gasteiger partial charge in [0.2, 0.25) is 0 Å². The van der Waals surface area contributed by atoms with E-state index in [-0.39, 0.29) is 5.41 Å². The van der Waals surface area contributed by atoms with Crippen molar-refractivity contribution in [1.82, 2.24) is 0 Å². The molecule has 3 heteroatoms. The summed E-state index contributed by atoms with van der Waals surface area (Å²) in [6, 6.07) is 9.98. The molecule has 0 saturated heterocycles. The molecule has 19 heavy (non-hydrogen) atoms. The molecule has 0 spiro atoms. The first kappa shape index (κ1) is 13.5. The van der Waals surface area contributed by atoms with Gasteiger partial charge in [0.05, 0.1) is 11.4 Å². The van der Waals surface area contributed by atoms with Gasteiger partial charge < -0.3 is 15.5 Å². The third-order valence-electron chi connectivity index (χ3n) is 3.42. The maximum atomic E-state index is 6.01. The van der Waals surface area contributed by atoms with Crippen LogP contribution >= 0.6 is 0 Å². The Balaban J connectivity index is 2.14. The Morgan fingerprint density at radius 2 is 1.89 bits per heavy atom. The van der Waals surface area contributed by atoms with E-state index in [1.54, 1.807) is 0 Å². The van der Waals surface area contributed by atoms with Gasteiger partial charge in [-0.1, -0.05) is 26.0 Å². The Bertz CT molecular complexity index is 550. The Kier molecular flexibility index (Phi) is 3.56. The summed E-state index contributed by atoms with van der Waals surface area (Å²) in [5.41, 5.74) is 8.88. The lowest BCUT2D eigenvalue weighted by Gasteiger charge is -2.24. The molecular weight excluding hydrogens is 236 g/mol. The van der Waals surface area contributed by atoms with Crippen molar-refractivity contribution in [3.63, 3.8) is 0 Å². The molecule has 0 bridgehead atoms. The molecule has 1 aromatic carbocycles. The lowest BCUT2D eigenvalue weighted by Crippen LogP contribution is -2.27. The number of anilines is 2. The van der Waals surface area contributed by atoms with Crippen LogP contribution < -0.4 is 11.1 Å². The number of nitrogens with one attached hydrogen (secondary N) is 1. The zero-order chi connectivity index (χ0) is 14.0. The van der Waals surface area contributed by atoms with Crippen LogP contribution in [0.3, 0.4) is 0 Å². The molecule has 0 aliphatic carbocycles. The number of hydrogen-bond acceptors (Lipinski definition) is 3. The fraction of sp³-hybridized carbons (Fsp3) is 0.375. The minimum Gasteiger partial charge on any atom is -0.466 e.